The van der Waals surface area contributed by atoms with Crippen molar-refractivity contribution in [1.82, 2.24) is 5.43 Å². The number of rotatable bonds is 3. The van der Waals surface area contributed by atoms with Gasteiger partial charge >= 0.3 is 0 Å². The minimum absolute atomic E-state index is 0.232. The molecule has 0 heterocycles. The van der Waals surface area contributed by atoms with E-state index < -0.39 is 0 Å². The Bertz CT molecular complexity index is 356. The van der Waals surface area contributed by atoms with Gasteiger partial charge in [-0.05, 0) is 41.9 Å². The van der Waals surface area contributed by atoms with Gasteiger partial charge in [-0.1, -0.05) is 39.8 Å². The van der Waals surface area contributed by atoms with Crippen molar-refractivity contribution in [3.8, 4) is 0 Å². The average Bonchev–Trinajstić information content (AvgIpc) is 2.22. The van der Waals surface area contributed by atoms with E-state index >= 15 is 0 Å². The molecule has 0 aliphatic heterocycles. The van der Waals surface area contributed by atoms with Crippen molar-refractivity contribution >= 4 is 5.69 Å². The van der Waals surface area contributed by atoms with Crippen LogP contribution >= 0.6 is 0 Å². The Balaban J connectivity index is 1.86. The summed E-state index contributed by atoms with van der Waals surface area (Å²) in [6.45, 7) is 9.02. The molecule has 0 saturated heterocycles. The van der Waals surface area contributed by atoms with Gasteiger partial charge in [0.05, 0.1) is 0 Å². The van der Waals surface area contributed by atoms with Gasteiger partial charge in [0.25, 0.3) is 0 Å². The summed E-state index contributed by atoms with van der Waals surface area (Å²) in [5, 5.41) is 0. The Morgan fingerprint density at radius 3 is 2.12 bits per heavy atom. The standard InChI is InChI=1S/C15H24N2/c1-11-9-14(10-11)17-16-13-7-5-12(6-8-13)15(2,3)4/h5-8,11,14,16-17H,9-10H2,1-4H3. The van der Waals surface area contributed by atoms with Crippen molar-refractivity contribution in [2.75, 3.05) is 5.43 Å². The van der Waals surface area contributed by atoms with Crippen LogP contribution in [0.2, 0.25) is 0 Å². The van der Waals surface area contributed by atoms with Crippen LogP contribution in [0.25, 0.3) is 0 Å². The van der Waals surface area contributed by atoms with Gasteiger partial charge in [-0.15, -0.1) is 0 Å². The van der Waals surface area contributed by atoms with Crippen LogP contribution in [0, 0.1) is 5.92 Å². The van der Waals surface area contributed by atoms with Crippen LogP contribution in [0.15, 0.2) is 24.3 Å². The molecule has 2 heteroatoms. The van der Waals surface area contributed by atoms with Crippen molar-refractivity contribution in [1.29, 1.82) is 0 Å². The lowest BCUT2D eigenvalue weighted by atomic mass is 9.82. The molecule has 0 bridgehead atoms. The van der Waals surface area contributed by atoms with Gasteiger partial charge in [-0.3, -0.25) is 0 Å². The maximum atomic E-state index is 3.37. The number of hydrogen-bond acceptors (Lipinski definition) is 2. The summed E-state index contributed by atoms with van der Waals surface area (Å²) < 4.78 is 0. The van der Waals surface area contributed by atoms with Gasteiger partial charge in [-0.2, -0.15) is 0 Å². The minimum atomic E-state index is 0.232. The molecule has 2 nitrogen and oxygen atoms in total. The van der Waals surface area contributed by atoms with Crippen molar-refractivity contribution in [3.05, 3.63) is 29.8 Å². The fourth-order valence-corrected chi connectivity index (χ4v) is 2.26. The van der Waals surface area contributed by atoms with Gasteiger partial charge in [0.2, 0.25) is 0 Å². The number of benzene rings is 1. The summed E-state index contributed by atoms with van der Waals surface area (Å²) in [6, 6.07) is 9.35. The first-order chi connectivity index (χ1) is 7.95. The third-order valence-corrected chi connectivity index (χ3v) is 3.55. The number of hydrogen-bond donors (Lipinski definition) is 2. The quantitative estimate of drug-likeness (QED) is 0.776. The molecule has 1 aliphatic carbocycles. The van der Waals surface area contributed by atoms with Gasteiger partial charge < -0.3 is 5.43 Å². The van der Waals surface area contributed by atoms with E-state index in [4.69, 9.17) is 0 Å². The molecular weight excluding hydrogens is 208 g/mol. The second-order valence-electron chi connectivity index (χ2n) is 6.37. The maximum Gasteiger partial charge on any atom is 0.0487 e. The molecule has 0 unspecified atom stereocenters. The van der Waals surface area contributed by atoms with Gasteiger partial charge in [0, 0.05) is 11.7 Å². The summed E-state index contributed by atoms with van der Waals surface area (Å²) >= 11 is 0. The lowest BCUT2D eigenvalue weighted by molar-refractivity contribution is 0.253. The van der Waals surface area contributed by atoms with E-state index in [0.29, 0.717) is 6.04 Å². The summed E-state index contributed by atoms with van der Waals surface area (Å²) in [5.74, 6) is 0.887. The molecule has 2 rings (SSSR count). The lowest BCUT2D eigenvalue weighted by Crippen LogP contribution is -2.43. The zero-order chi connectivity index (χ0) is 12.5. The van der Waals surface area contributed by atoms with E-state index in [1.54, 1.807) is 0 Å². The van der Waals surface area contributed by atoms with Crippen LogP contribution in [0.1, 0.15) is 46.1 Å². The highest BCUT2D eigenvalue weighted by molar-refractivity contribution is 5.45. The van der Waals surface area contributed by atoms with Crippen LogP contribution in [0.5, 0.6) is 0 Å². The van der Waals surface area contributed by atoms with Crippen molar-refractivity contribution < 1.29 is 0 Å². The average molecular weight is 232 g/mol. The fourth-order valence-electron chi connectivity index (χ4n) is 2.26. The van der Waals surface area contributed by atoms with Crippen LogP contribution in [0.4, 0.5) is 5.69 Å². The van der Waals surface area contributed by atoms with Gasteiger partial charge in [-0.25, -0.2) is 5.43 Å². The third-order valence-electron chi connectivity index (χ3n) is 3.55. The highest BCUT2D eigenvalue weighted by Crippen LogP contribution is 2.26. The molecule has 1 fully saturated rings. The first-order valence-electron chi connectivity index (χ1n) is 6.57. The number of hydrazine groups is 1. The fraction of sp³-hybridized carbons (Fsp3) is 0.600. The highest BCUT2D eigenvalue weighted by atomic mass is 15.4. The smallest absolute Gasteiger partial charge is 0.0487 e. The van der Waals surface area contributed by atoms with Crippen LogP contribution in [0.3, 0.4) is 0 Å². The maximum absolute atomic E-state index is 3.37. The van der Waals surface area contributed by atoms with Crippen molar-refractivity contribution in [2.24, 2.45) is 5.92 Å². The Morgan fingerprint density at radius 1 is 1.06 bits per heavy atom. The first-order valence-corrected chi connectivity index (χ1v) is 6.57. The zero-order valence-electron chi connectivity index (χ0n) is 11.4. The van der Waals surface area contributed by atoms with Gasteiger partial charge in [0.15, 0.2) is 0 Å². The monoisotopic (exact) mass is 232 g/mol. The molecular formula is C15H24N2. The Hall–Kier alpha value is -1.02. The Labute approximate surface area is 105 Å². The molecule has 0 spiro atoms. The summed E-state index contributed by atoms with van der Waals surface area (Å²) in [5.41, 5.74) is 9.43. The molecule has 0 atom stereocenters. The van der Waals surface area contributed by atoms with Crippen LogP contribution in [-0.4, -0.2) is 6.04 Å². The van der Waals surface area contributed by atoms with Crippen LogP contribution < -0.4 is 10.9 Å². The molecule has 0 radical (unpaired) electrons. The lowest BCUT2D eigenvalue weighted by Gasteiger charge is -2.33. The highest BCUT2D eigenvalue weighted by Gasteiger charge is 2.24. The largest absolute Gasteiger partial charge is 0.321 e. The number of nitrogens with one attached hydrogen (secondary N) is 2. The zero-order valence-corrected chi connectivity index (χ0v) is 11.4. The minimum Gasteiger partial charge on any atom is -0.321 e. The van der Waals surface area contributed by atoms with Gasteiger partial charge in [0.1, 0.15) is 0 Å². The topological polar surface area (TPSA) is 24.1 Å². The normalized spacial score (nSPS) is 24.2. The van der Waals surface area contributed by atoms with Crippen molar-refractivity contribution in [3.63, 3.8) is 0 Å². The third kappa shape index (κ3) is 3.22. The first kappa shape index (κ1) is 12.4. The SMILES string of the molecule is CC1CC(NNc2ccc(C(C)(C)C)cc2)C1. The molecule has 17 heavy (non-hydrogen) atoms. The summed E-state index contributed by atoms with van der Waals surface area (Å²) in [7, 11) is 0. The second kappa shape index (κ2) is 4.69. The molecule has 0 aromatic heterocycles. The van der Waals surface area contributed by atoms with E-state index in [1.807, 2.05) is 0 Å². The molecule has 0 amide bonds. The predicted molar refractivity (Wildman–Crippen MR) is 74.1 cm³/mol. The van der Waals surface area contributed by atoms with E-state index in [0.717, 1.165) is 11.6 Å². The van der Waals surface area contributed by atoms with E-state index in [2.05, 4.69) is 62.8 Å². The molecule has 2 N–H and O–H groups in total. The Morgan fingerprint density at radius 2 is 1.65 bits per heavy atom. The summed E-state index contributed by atoms with van der Waals surface area (Å²) in [4.78, 5) is 0. The van der Waals surface area contributed by atoms with E-state index in [-0.39, 0.29) is 5.41 Å². The predicted octanol–water partition coefficient (Wildman–Crippen LogP) is 3.70. The Kier molecular flexibility index (Phi) is 3.43. The van der Waals surface area contributed by atoms with E-state index in [9.17, 15) is 0 Å². The van der Waals surface area contributed by atoms with Crippen molar-refractivity contribution in [2.45, 2.75) is 52.0 Å². The molecule has 1 aromatic carbocycles. The van der Waals surface area contributed by atoms with E-state index in [1.165, 1.54) is 18.4 Å². The molecule has 1 saturated carbocycles. The number of anilines is 1. The molecule has 1 aliphatic rings. The second-order valence-corrected chi connectivity index (χ2v) is 6.37. The summed E-state index contributed by atoms with van der Waals surface area (Å²) in [6.07, 6.45) is 2.57. The molecule has 94 valence electrons. The molecule has 1 aromatic rings. The van der Waals surface area contributed by atoms with Crippen LogP contribution in [-0.2, 0) is 5.41 Å².